The quantitative estimate of drug-likeness (QED) is 0.678. The molecule has 14 heavy (non-hydrogen) atoms. The molecule has 0 fully saturated rings. The van der Waals surface area contributed by atoms with E-state index in [1.54, 1.807) is 12.3 Å². The number of aromatic nitrogens is 2. The number of nitrogens with two attached hydrogens (primary N) is 1. The van der Waals surface area contributed by atoms with Gasteiger partial charge < -0.3 is 10.7 Å². The first-order chi connectivity index (χ1) is 6.66. The summed E-state index contributed by atoms with van der Waals surface area (Å²) < 4.78 is 12.8. The summed E-state index contributed by atoms with van der Waals surface area (Å²) in [7, 11) is 0. The predicted octanol–water partition coefficient (Wildman–Crippen LogP) is 2.11. The van der Waals surface area contributed by atoms with Crippen LogP contribution in [0.1, 0.15) is 5.69 Å². The number of benzene rings is 1. The lowest BCUT2D eigenvalue weighted by atomic mass is 10.1. The molecule has 0 atom stereocenters. The van der Waals surface area contributed by atoms with Gasteiger partial charge in [-0.2, -0.15) is 0 Å². The average Bonchev–Trinajstić information content (AvgIpc) is 2.51. The number of aryl methyl sites for hydroxylation is 1. The van der Waals surface area contributed by atoms with Crippen molar-refractivity contribution >= 4 is 5.69 Å². The third-order valence-corrected chi connectivity index (χ3v) is 1.97. The molecule has 0 amide bonds. The van der Waals surface area contributed by atoms with Crippen LogP contribution in [0.25, 0.3) is 11.4 Å². The number of halogens is 1. The third-order valence-electron chi connectivity index (χ3n) is 1.97. The molecule has 0 bridgehead atoms. The molecule has 0 saturated carbocycles. The number of rotatable bonds is 1. The monoisotopic (exact) mass is 191 g/mol. The molecule has 0 saturated heterocycles. The van der Waals surface area contributed by atoms with E-state index in [-0.39, 0.29) is 5.82 Å². The Kier molecular flexibility index (Phi) is 1.96. The van der Waals surface area contributed by atoms with Gasteiger partial charge in [0.25, 0.3) is 0 Å². The molecule has 0 unspecified atom stereocenters. The Balaban J connectivity index is 2.52. The van der Waals surface area contributed by atoms with Crippen molar-refractivity contribution in [2.45, 2.75) is 6.92 Å². The van der Waals surface area contributed by atoms with E-state index in [9.17, 15) is 4.39 Å². The third kappa shape index (κ3) is 1.46. The van der Waals surface area contributed by atoms with Crippen LogP contribution < -0.4 is 5.73 Å². The summed E-state index contributed by atoms with van der Waals surface area (Å²) in [6, 6.07) is 4.26. The molecule has 0 aliphatic rings. The molecule has 72 valence electrons. The van der Waals surface area contributed by atoms with Gasteiger partial charge in [-0.05, 0) is 25.1 Å². The van der Waals surface area contributed by atoms with Crippen LogP contribution >= 0.6 is 0 Å². The Bertz CT molecular complexity index is 462. The molecule has 0 spiro atoms. The van der Waals surface area contributed by atoms with E-state index in [2.05, 4.69) is 9.97 Å². The van der Waals surface area contributed by atoms with Gasteiger partial charge in [-0.15, -0.1) is 0 Å². The van der Waals surface area contributed by atoms with Crippen molar-refractivity contribution in [1.29, 1.82) is 0 Å². The number of nitrogens with one attached hydrogen (secondary N) is 1. The number of H-pyrrole nitrogens is 1. The van der Waals surface area contributed by atoms with Crippen molar-refractivity contribution in [2.75, 3.05) is 5.73 Å². The van der Waals surface area contributed by atoms with Crippen LogP contribution in [-0.2, 0) is 0 Å². The zero-order valence-corrected chi connectivity index (χ0v) is 7.71. The Morgan fingerprint density at radius 1 is 1.43 bits per heavy atom. The number of imidazole rings is 1. The highest BCUT2D eigenvalue weighted by Crippen LogP contribution is 2.23. The molecule has 3 N–H and O–H groups in total. The van der Waals surface area contributed by atoms with Crippen LogP contribution in [0.5, 0.6) is 0 Å². The normalized spacial score (nSPS) is 10.4. The highest BCUT2D eigenvalue weighted by Gasteiger charge is 2.06. The lowest BCUT2D eigenvalue weighted by Crippen LogP contribution is -1.92. The van der Waals surface area contributed by atoms with E-state index in [4.69, 9.17) is 5.73 Å². The van der Waals surface area contributed by atoms with Crippen LogP contribution in [0.15, 0.2) is 24.4 Å². The summed E-state index contributed by atoms with van der Waals surface area (Å²) in [4.78, 5) is 7.16. The van der Waals surface area contributed by atoms with E-state index < -0.39 is 0 Å². The Hall–Kier alpha value is -1.84. The van der Waals surface area contributed by atoms with Crippen molar-refractivity contribution in [1.82, 2.24) is 9.97 Å². The first-order valence-corrected chi connectivity index (χ1v) is 4.24. The molecular weight excluding hydrogens is 181 g/mol. The largest absolute Gasteiger partial charge is 0.398 e. The number of nitrogens with zero attached hydrogens (tertiary/aromatic N) is 1. The topological polar surface area (TPSA) is 54.7 Å². The molecule has 2 aromatic rings. The van der Waals surface area contributed by atoms with E-state index in [1.807, 2.05) is 6.92 Å². The maximum Gasteiger partial charge on any atom is 0.139 e. The molecular formula is C10H10FN3. The molecule has 3 nitrogen and oxygen atoms in total. The minimum absolute atomic E-state index is 0.338. The highest BCUT2D eigenvalue weighted by molar-refractivity contribution is 5.71. The van der Waals surface area contributed by atoms with Crippen molar-refractivity contribution in [3.8, 4) is 11.4 Å². The minimum atomic E-state index is -0.338. The second kappa shape index (κ2) is 3.14. The van der Waals surface area contributed by atoms with Gasteiger partial charge in [0.2, 0.25) is 0 Å². The first-order valence-electron chi connectivity index (χ1n) is 4.24. The summed E-state index contributed by atoms with van der Waals surface area (Å²) >= 11 is 0. The number of hydrogen-bond donors (Lipinski definition) is 2. The summed E-state index contributed by atoms with van der Waals surface area (Å²) in [6.07, 6.45) is 1.71. The number of hydrogen-bond acceptors (Lipinski definition) is 2. The van der Waals surface area contributed by atoms with Gasteiger partial charge in [-0.1, -0.05) is 0 Å². The van der Waals surface area contributed by atoms with Gasteiger partial charge in [0.05, 0.1) is 0 Å². The molecule has 1 heterocycles. The summed E-state index contributed by atoms with van der Waals surface area (Å²) in [6.45, 7) is 1.90. The summed E-state index contributed by atoms with van der Waals surface area (Å²) in [5.74, 6) is 0.328. The summed E-state index contributed by atoms with van der Waals surface area (Å²) in [5, 5.41) is 0. The summed E-state index contributed by atoms with van der Waals surface area (Å²) in [5.41, 5.74) is 7.72. The highest BCUT2D eigenvalue weighted by atomic mass is 19.1. The van der Waals surface area contributed by atoms with E-state index in [1.165, 1.54) is 12.1 Å². The van der Waals surface area contributed by atoms with E-state index in [0.29, 0.717) is 11.5 Å². The molecule has 0 aliphatic carbocycles. The zero-order valence-electron chi connectivity index (χ0n) is 7.71. The van der Waals surface area contributed by atoms with Gasteiger partial charge in [-0.25, -0.2) is 9.37 Å². The SMILES string of the molecule is Cc1cnc(-c2ccc(F)cc2N)[nH]1. The second-order valence-corrected chi connectivity index (χ2v) is 3.15. The molecule has 0 radical (unpaired) electrons. The molecule has 4 heteroatoms. The minimum Gasteiger partial charge on any atom is -0.398 e. The Morgan fingerprint density at radius 2 is 2.21 bits per heavy atom. The molecule has 2 rings (SSSR count). The number of anilines is 1. The second-order valence-electron chi connectivity index (χ2n) is 3.15. The van der Waals surface area contributed by atoms with Crippen LogP contribution in [0.2, 0.25) is 0 Å². The van der Waals surface area contributed by atoms with E-state index in [0.717, 1.165) is 11.3 Å². The lowest BCUT2D eigenvalue weighted by molar-refractivity contribution is 0.628. The number of aromatic amines is 1. The molecule has 1 aromatic heterocycles. The predicted molar refractivity (Wildman–Crippen MR) is 53.1 cm³/mol. The molecule has 0 aliphatic heterocycles. The van der Waals surface area contributed by atoms with Gasteiger partial charge >= 0.3 is 0 Å². The van der Waals surface area contributed by atoms with E-state index >= 15 is 0 Å². The Morgan fingerprint density at radius 3 is 2.79 bits per heavy atom. The van der Waals surface area contributed by atoms with Crippen molar-refractivity contribution in [3.63, 3.8) is 0 Å². The van der Waals surface area contributed by atoms with Gasteiger partial charge in [-0.3, -0.25) is 0 Å². The maximum absolute atomic E-state index is 12.8. The van der Waals surface area contributed by atoms with Crippen molar-refractivity contribution in [3.05, 3.63) is 35.9 Å². The first kappa shape index (κ1) is 8.74. The van der Waals surface area contributed by atoms with Gasteiger partial charge in [0.1, 0.15) is 11.6 Å². The zero-order chi connectivity index (χ0) is 10.1. The van der Waals surface area contributed by atoms with Gasteiger partial charge in [0, 0.05) is 23.1 Å². The fourth-order valence-electron chi connectivity index (χ4n) is 1.30. The van der Waals surface area contributed by atoms with Crippen LogP contribution in [-0.4, -0.2) is 9.97 Å². The Labute approximate surface area is 80.8 Å². The standard InChI is InChI=1S/C10H10FN3/c1-6-5-13-10(14-6)8-3-2-7(11)4-9(8)12/h2-5H,12H2,1H3,(H,13,14). The van der Waals surface area contributed by atoms with Crippen molar-refractivity contribution in [2.24, 2.45) is 0 Å². The van der Waals surface area contributed by atoms with Gasteiger partial charge in [0.15, 0.2) is 0 Å². The molecule has 1 aromatic carbocycles. The fraction of sp³-hybridized carbons (Fsp3) is 0.100. The van der Waals surface area contributed by atoms with Crippen molar-refractivity contribution < 1.29 is 4.39 Å². The fourth-order valence-corrected chi connectivity index (χ4v) is 1.30. The van der Waals surface area contributed by atoms with Crippen LogP contribution in [0.3, 0.4) is 0 Å². The lowest BCUT2D eigenvalue weighted by Gasteiger charge is -2.01. The maximum atomic E-state index is 12.8. The average molecular weight is 191 g/mol. The smallest absolute Gasteiger partial charge is 0.139 e. The van der Waals surface area contributed by atoms with Crippen LogP contribution in [0.4, 0.5) is 10.1 Å². The van der Waals surface area contributed by atoms with Crippen LogP contribution in [0, 0.1) is 12.7 Å². The number of nitrogen functional groups attached to an aromatic ring is 1.